The average Bonchev–Trinajstić information content (AvgIpc) is 2.71. The van der Waals surface area contributed by atoms with Gasteiger partial charge in [-0.25, -0.2) is 0 Å². The van der Waals surface area contributed by atoms with Crippen molar-refractivity contribution in [2.75, 3.05) is 6.61 Å². The van der Waals surface area contributed by atoms with E-state index in [9.17, 15) is 9.59 Å². The Hall–Kier alpha value is -2.53. The number of carbonyl (C=O) groups excluding carboxylic acids is 2. The number of hydrogen-bond acceptors (Lipinski definition) is 3. The van der Waals surface area contributed by atoms with E-state index in [0.29, 0.717) is 17.3 Å². The Bertz CT molecular complexity index is 823. The van der Waals surface area contributed by atoms with Gasteiger partial charge in [0.1, 0.15) is 11.8 Å². The van der Waals surface area contributed by atoms with Gasteiger partial charge < -0.3 is 15.0 Å². The highest BCUT2D eigenvalue weighted by Gasteiger charge is 2.27. The van der Waals surface area contributed by atoms with Crippen LogP contribution in [0.1, 0.15) is 38.3 Å². The van der Waals surface area contributed by atoms with Gasteiger partial charge in [-0.3, -0.25) is 9.59 Å². The minimum atomic E-state index is -0.632. The molecule has 0 radical (unpaired) electrons. The number of carbonyl (C=O) groups is 2. The minimum Gasteiger partial charge on any atom is -0.482 e. The third kappa shape index (κ3) is 6.79. The molecule has 2 aromatic rings. The number of para-hydroxylation sites is 1. The number of ether oxygens (including phenoxy) is 1. The molecule has 29 heavy (non-hydrogen) atoms. The van der Waals surface area contributed by atoms with Gasteiger partial charge in [0.15, 0.2) is 6.61 Å². The summed E-state index contributed by atoms with van der Waals surface area (Å²) < 4.78 is 5.61. The lowest BCUT2D eigenvalue weighted by Crippen LogP contribution is -2.50. The number of hydrogen-bond donors (Lipinski definition) is 1. The molecule has 0 aliphatic carbocycles. The first-order valence-corrected chi connectivity index (χ1v) is 10.2. The molecule has 2 amide bonds. The lowest BCUT2D eigenvalue weighted by atomic mass is 10.1. The first-order chi connectivity index (χ1) is 13.8. The van der Waals surface area contributed by atoms with E-state index in [4.69, 9.17) is 16.3 Å². The summed E-state index contributed by atoms with van der Waals surface area (Å²) in [6.45, 7) is 7.81. The molecule has 0 aliphatic rings. The van der Waals surface area contributed by atoms with Crippen LogP contribution in [0, 0.1) is 6.92 Å². The van der Waals surface area contributed by atoms with Gasteiger partial charge in [0, 0.05) is 12.6 Å². The van der Waals surface area contributed by atoms with Crippen molar-refractivity contribution >= 4 is 23.4 Å². The van der Waals surface area contributed by atoms with Crippen LogP contribution in [0.15, 0.2) is 48.5 Å². The zero-order valence-electron chi connectivity index (χ0n) is 17.4. The Morgan fingerprint density at radius 2 is 1.76 bits per heavy atom. The van der Waals surface area contributed by atoms with Crippen molar-refractivity contribution in [3.8, 4) is 5.75 Å². The normalized spacial score (nSPS) is 12.7. The van der Waals surface area contributed by atoms with Gasteiger partial charge in [0.2, 0.25) is 5.91 Å². The highest BCUT2D eigenvalue weighted by Crippen LogP contribution is 2.23. The predicted molar refractivity (Wildman–Crippen MR) is 116 cm³/mol. The summed E-state index contributed by atoms with van der Waals surface area (Å²) in [7, 11) is 0. The van der Waals surface area contributed by atoms with Gasteiger partial charge in [-0.05, 0) is 44.9 Å². The van der Waals surface area contributed by atoms with Crippen molar-refractivity contribution in [3.63, 3.8) is 0 Å². The smallest absolute Gasteiger partial charge is 0.261 e. The first kappa shape index (κ1) is 22.8. The Morgan fingerprint density at radius 3 is 2.38 bits per heavy atom. The number of benzene rings is 2. The highest BCUT2D eigenvalue weighted by molar-refractivity contribution is 6.32. The van der Waals surface area contributed by atoms with Crippen molar-refractivity contribution < 1.29 is 14.3 Å². The molecule has 1 N–H and O–H groups in total. The van der Waals surface area contributed by atoms with Crippen LogP contribution < -0.4 is 10.1 Å². The zero-order valence-corrected chi connectivity index (χ0v) is 18.2. The SMILES string of the molecule is CCC(C)NC(=O)C(C)N(Cc1ccc(C)cc1)C(=O)COc1ccccc1Cl. The molecular formula is C23H29ClN2O3. The number of rotatable bonds is 9. The quantitative estimate of drug-likeness (QED) is 0.660. The fourth-order valence-electron chi connectivity index (χ4n) is 2.72. The van der Waals surface area contributed by atoms with Crippen LogP contribution in [-0.2, 0) is 16.1 Å². The second kappa shape index (κ2) is 10.9. The van der Waals surface area contributed by atoms with Crippen molar-refractivity contribution in [2.45, 2.75) is 52.7 Å². The standard InChI is InChI=1S/C23H29ClN2O3/c1-5-17(3)25-23(28)18(4)26(14-19-12-10-16(2)11-13-19)22(27)15-29-21-9-7-6-8-20(21)24/h6-13,17-18H,5,14-15H2,1-4H3,(H,25,28). The van der Waals surface area contributed by atoms with Gasteiger partial charge in [0.05, 0.1) is 5.02 Å². The van der Waals surface area contributed by atoms with E-state index in [1.54, 1.807) is 36.1 Å². The van der Waals surface area contributed by atoms with Crippen molar-refractivity contribution in [2.24, 2.45) is 0 Å². The lowest BCUT2D eigenvalue weighted by Gasteiger charge is -2.29. The van der Waals surface area contributed by atoms with Gasteiger partial charge in [-0.15, -0.1) is 0 Å². The van der Waals surface area contributed by atoms with E-state index >= 15 is 0 Å². The maximum Gasteiger partial charge on any atom is 0.261 e. The molecule has 5 nitrogen and oxygen atoms in total. The maximum absolute atomic E-state index is 13.0. The van der Waals surface area contributed by atoms with Gasteiger partial charge in [0.25, 0.3) is 5.91 Å². The third-order valence-electron chi connectivity index (χ3n) is 4.83. The second-order valence-electron chi connectivity index (χ2n) is 7.22. The van der Waals surface area contributed by atoms with E-state index in [-0.39, 0.29) is 24.5 Å². The van der Waals surface area contributed by atoms with Crippen LogP contribution in [0.5, 0.6) is 5.75 Å². The molecule has 2 rings (SSSR count). The van der Waals surface area contributed by atoms with E-state index in [2.05, 4.69) is 5.32 Å². The van der Waals surface area contributed by atoms with Crippen LogP contribution in [0.3, 0.4) is 0 Å². The number of halogens is 1. The molecule has 0 saturated heterocycles. The lowest BCUT2D eigenvalue weighted by molar-refractivity contribution is -0.142. The average molecular weight is 417 g/mol. The Labute approximate surface area is 178 Å². The molecule has 0 aromatic heterocycles. The zero-order chi connectivity index (χ0) is 21.4. The number of amides is 2. The second-order valence-corrected chi connectivity index (χ2v) is 7.63. The fourth-order valence-corrected chi connectivity index (χ4v) is 2.91. The summed E-state index contributed by atoms with van der Waals surface area (Å²) in [6, 6.07) is 14.3. The van der Waals surface area contributed by atoms with Crippen molar-refractivity contribution in [3.05, 3.63) is 64.7 Å². The molecule has 0 fully saturated rings. The van der Waals surface area contributed by atoms with Gasteiger partial charge in [-0.1, -0.05) is 60.5 Å². The molecule has 2 aromatic carbocycles. The molecule has 0 aliphatic heterocycles. The topological polar surface area (TPSA) is 58.6 Å². The number of nitrogens with zero attached hydrogens (tertiary/aromatic N) is 1. The van der Waals surface area contributed by atoms with Crippen molar-refractivity contribution in [1.29, 1.82) is 0 Å². The summed E-state index contributed by atoms with van der Waals surface area (Å²) in [6.07, 6.45) is 0.819. The molecule has 0 heterocycles. The van der Waals surface area contributed by atoms with Crippen LogP contribution in [0.25, 0.3) is 0 Å². The molecular weight excluding hydrogens is 388 g/mol. The maximum atomic E-state index is 13.0. The third-order valence-corrected chi connectivity index (χ3v) is 5.14. The predicted octanol–water partition coefficient (Wildman–Crippen LogP) is 4.36. The largest absolute Gasteiger partial charge is 0.482 e. The monoisotopic (exact) mass is 416 g/mol. The first-order valence-electron chi connectivity index (χ1n) is 9.84. The van der Waals surface area contributed by atoms with E-state index < -0.39 is 6.04 Å². The highest BCUT2D eigenvalue weighted by atomic mass is 35.5. The van der Waals surface area contributed by atoms with E-state index in [1.807, 2.05) is 45.0 Å². The number of nitrogens with one attached hydrogen (secondary N) is 1. The summed E-state index contributed by atoms with van der Waals surface area (Å²) in [5.74, 6) is -0.0237. The molecule has 6 heteroatoms. The molecule has 0 spiro atoms. The molecule has 0 saturated carbocycles. The minimum absolute atomic E-state index is 0.0423. The Kier molecular flexibility index (Phi) is 8.52. The van der Waals surface area contributed by atoms with Gasteiger partial charge >= 0.3 is 0 Å². The van der Waals surface area contributed by atoms with Gasteiger partial charge in [-0.2, -0.15) is 0 Å². The molecule has 0 bridgehead atoms. The van der Waals surface area contributed by atoms with Crippen LogP contribution in [0.2, 0.25) is 5.02 Å². The Balaban J connectivity index is 2.15. The fraction of sp³-hybridized carbons (Fsp3) is 0.391. The number of aryl methyl sites for hydroxylation is 1. The van der Waals surface area contributed by atoms with Crippen molar-refractivity contribution in [1.82, 2.24) is 10.2 Å². The molecule has 2 atom stereocenters. The van der Waals surface area contributed by atoms with Crippen LogP contribution in [-0.4, -0.2) is 35.4 Å². The molecule has 156 valence electrons. The summed E-state index contributed by atoms with van der Waals surface area (Å²) in [5.41, 5.74) is 2.08. The molecule has 2 unspecified atom stereocenters. The van der Waals surface area contributed by atoms with E-state index in [0.717, 1.165) is 17.5 Å². The van der Waals surface area contributed by atoms with Crippen LogP contribution >= 0.6 is 11.6 Å². The summed E-state index contributed by atoms with van der Waals surface area (Å²) in [4.78, 5) is 27.2. The van der Waals surface area contributed by atoms with E-state index in [1.165, 1.54) is 0 Å². The summed E-state index contributed by atoms with van der Waals surface area (Å²) in [5, 5.41) is 3.39. The Morgan fingerprint density at radius 1 is 1.10 bits per heavy atom. The van der Waals surface area contributed by atoms with Crippen LogP contribution in [0.4, 0.5) is 0 Å². The summed E-state index contributed by atoms with van der Waals surface area (Å²) >= 11 is 6.10.